The van der Waals surface area contributed by atoms with Crippen LogP contribution in [0.25, 0.3) is 0 Å². The van der Waals surface area contributed by atoms with Crippen molar-refractivity contribution < 1.29 is 9.53 Å². The van der Waals surface area contributed by atoms with Gasteiger partial charge in [0.2, 0.25) is 0 Å². The molecule has 0 saturated heterocycles. The molecule has 12 heavy (non-hydrogen) atoms. The molecule has 0 aliphatic carbocycles. The predicted molar refractivity (Wildman–Crippen MR) is 50.1 cm³/mol. The van der Waals surface area contributed by atoms with Crippen LogP contribution in [0.1, 0.15) is 0 Å². The number of hydrogen-bond donors (Lipinski definition) is 1. The Hall–Kier alpha value is 0.140. The van der Waals surface area contributed by atoms with E-state index in [2.05, 4.69) is 4.74 Å². The maximum atomic E-state index is 10.3. The average molecular weight is 235 g/mol. The van der Waals surface area contributed by atoms with Gasteiger partial charge in [-0.1, -0.05) is 0 Å². The molecule has 0 bridgehead atoms. The van der Waals surface area contributed by atoms with Crippen LogP contribution in [0, 0.1) is 5.41 Å². The van der Waals surface area contributed by atoms with E-state index in [1.165, 1.54) is 0 Å². The second-order valence-corrected chi connectivity index (χ2v) is 3.31. The van der Waals surface area contributed by atoms with Crippen molar-refractivity contribution in [3.05, 3.63) is 0 Å². The molecular formula is C6H10Cl3NO2. The molecule has 0 rings (SSSR count). The summed E-state index contributed by atoms with van der Waals surface area (Å²) < 4.78 is 4.57. The molecule has 0 spiro atoms. The van der Waals surface area contributed by atoms with E-state index in [1.54, 1.807) is 0 Å². The summed E-state index contributed by atoms with van der Waals surface area (Å²) >= 11 is 16.8. The number of amides is 1. The Morgan fingerprint density at radius 1 is 1.25 bits per heavy atom. The number of hydrogen-bond acceptors (Lipinski definition) is 2. The number of carbonyl (C=O) groups is 1. The van der Waals surface area contributed by atoms with Crippen molar-refractivity contribution in [3.63, 3.8) is 0 Å². The minimum atomic E-state index is -0.847. The number of carbonyl (C=O) groups excluding carboxylic acids is 1. The molecule has 0 heterocycles. The van der Waals surface area contributed by atoms with Crippen molar-refractivity contribution in [1.82, 2.24) is 0 Å². The number of ether oxygens (including phenoxy) is 1. The Morgan fingerprint density at radius 3 is 1.92 bits per heavy atom. The van der Waals surface area contributed by atoms with Crippen molar-refractivity contribution in [1.29, 1.82) is 0 Å². The van der Waals surface area contributed by atoms with Gasteiger partial charge in [0, 0.05) is 23.1 Å². The maximum Gasteiger partial charge on any atom is 0.404 e. The molecule has 0 aromatic heterocycles. The molecule has 2 N–H and O–H groups in total. The van der Waals surface area contributed by atoms with E-state index in [0.717, 1.165) is 0 Å². The molecule has 0 aromatic rings. The second-order valence-electron chi connectivity index (χ2n) is 2.51. The van der Waals surface area contributed by atoms with E-state index in [4.69, 9.17) is 40.5 Å². The van der Waals surface area contributed by atoms with E-state index in [9.17, 15) is 4.79 Å². The lowest BCUT2D eigenvalue weighted by Gasteiger charge is -2.25. The van der Waals surface area contributed by atoms with Gasteiger partial charge in [-0.15, -0.1) is 34.8 Å². The van der Waals surface area contributed by atoms with Crippen LogP contribution in [0.15, 0.2) is 0 Å². The van der Waals surface area contributed by atoms with Gasteiger partial charge in [-0.2, -0.15) is 0 Å². The van der Waals surface area contributed by atoms with Crippen LogP contribution in [0.5, 0.6) is 0 Å². The van der Waals surface area contributed by atoms with E-state index >= 15 is 0 Å². The largest absolute Gasteiger partial charge is 0.449 e. The molecule has 0 saturated carbocycles. The molecule has 3 nitrogen and oxygen atoms in total. The molecule has 0 atom stereocenters. The Balaban J connectivity index is 4.01. The van der Waals surface area contributed by atoms with E-state index in [0.29, 0.717) is 0 Å². The lowest BCUT2D eigenvalue weighted by atomic mass is 9.97. The first-order valence-electron chi connectivity index (χ1n) is 3.20. The molecule has 72 valence electrons. The summed E-state index contributed by atoms with van der Waals surface area (Å²) in [4.78, 5) is 10.3. The summed E-state index contributed by atoms with van der Waals surface area (Å²) in [6.07, 6.45) is -0.847. The minimum absolute atomic E-state index is 0.0544. The first-order chi connectivity index (χ1) is 5.60. The van der Waals surface area contributed by atoms with Gasteiger partial charge in [-0.3, -0.25) is 0 Å². The molecule has 6 heteroatoms. The monoisotopic (exact) mass is 233 g/mol. The fourth-order valence-corrected chi connectivity index (χ4v) is 1.54. The zero-order valence-corrected chi connectivity index (χ0v) is 8.62. The molecule has 0 unspecified atom stereocenters. The standard InChI is InChI=1S/C6H10Cl3NO2/c7-1-6(2-8,3-9)4-12-5(10)11/h1-4H2,(H2,10,11). The van der Waals surface area contributed by atoms with E-state index in [1.807, 2.05) is 0 Å². The topological polar surface area (TPSA) is 52.3 Å². The van der Waals surface area contributed by atoms with Gasteiger partial charge in [-0.05, 0) is 0 Å². The normalized spacial score (nSPS) is 11.2. The quantitative estimate of drug-likeness (QED) is 0.737. The average Bonchev–Trinajstić information content (AvgIpc) is 2.08. The molecular weight excluding hydrogens is 224 g/mol. The number of halogens is 3. The third-order valence-corrected chi connectivity index (χ3v) is 3.07. The molecule has 1 amide bonds. The van der Waals surface area contributed by atoms with E-state index < -0.39 is 11.5 Å². The summed E-state index contributed by atoms with van der Waals surface area (Å²) in [7, 11) is 0. The second kappa shape index (κ2) is 5.73. The van der Waals surface area contributed by atoms with Gasteiger partial charge in [0.05, 0.1) is 0 Å². The van der Waals surface area contributed by atoms with Crippen molar-refractivity contribution >= 4 is 40.9 Å². The highest BCUT2D eigenvalue weighted by Gasteiger charge is 2.29. The molecule has 0 radical (unpaired) electrons. The summed E-state index contributed by atoms with van der Waals surface area (Å²) in [6, 6.07) is 0. The first-order valence-corrected chi connectivity index (χ1v) is 4.81. The van der Waals surface area contributed by atoms with Crippen LogP contribution in [0.2, 0.25) is 0 Å². The predicted octanol–water partition coefficient (Wildman–Crippen LogP) is 1.78. The van der Waals surface area contributed by atoms with Gasteiger partial charge in [0.1, 0.15) is 6.61 Å². The van der Waals surface area contributed by atoms with Crippen LogP contribution in [-0.2, 0) is 4.74 Å². The summed E-state index contributed by atoms with van der Waals surface area (Å²) in [5.74, 6) is 0.688. The van der Waals surface area contributed by atoms with Crippen LogP contribution in [0.3, 0.4) is 0 Å². The maximum absolute atomic E-state index is 10.3. The van der Waals surface area contributed by atoms with E-state index in [-0.39, 0.29) is 24.2 Å². The molecule has 0 fully saturated rings. The number of nitrogens with two attached hydrogens (primary N) is 1. The summed E-state index contributed by atoms with van der Waals surface area (Å²) in [5.41, 5.74) is 4.20. The summed E-state index contributed by atoms with van der Waals surface area (Å²) in [6.45, 7) is 0.0544. The Labute approximate surface area is 86.1 Å². The zero-order valence-electron chi connectivity index (χ0n) is 6.36. The van der Waals surface area contributed by atoms with Gasteiger partial charge >= 0.3 is 6.09 Å². The molecule has 0 aliphatic rings. The number of alkyl halides is 3. The number of rotatable bonds is 5. The lowest BCUT2D eigenvalue weighted by Crippen LogP contribution is -2.35. The van der Waals surface area contributed by atoms with Gasteiger partial charge in [0.15, 0.2) is 0 Å². The van der Waals surface area contributed by atoms with Crippen LogP contribution < -0.4 is 5.73 Å². The number of primary amides is 1. The Kier molecular flexibility index (Phi) is 5.80. The Morgan fingerprint density at radius 2 is 1.67 bits per heavy atom. The molecule has 0 aliphatic heterocycles. The fourth-order valence-electron chi connectivity index (χ4n) is 0.447. The first kappa shape index (κ1) is 12.1. The van der Waals surface area contributed by atoms with Crippen LogP contribution in [0.4, 0.5) is 4.79 Å². The highest BCUT2D eigenvalue weighted by atomic mass is 35.5. The molecule has 0 aromatic carbocycles. The zero-order chi connectivity index (χ0) is 9.61. The van der Waals surface area contributed by atoms with Gasteiger partial charge < -0.3 is 10.5 Å². The highest BCUT2D eigenvalue weighted by molar-refractivity contribution is 6.24. The van der Waals surface area contributed by atoms with Crippen molar-refractivity contribution in [2.75, 3.05) is 24.2 Å². The smallest absolute Gasteiger partial charge is 0.404 e. The van der Waals surface area contributed by atoms with Gasteiger partial charge in [-0.25, -0.2) is 4.79 Å². The third kappa shape index (κ3) is 3.70. The van der Waals surface area contributed by atoms with Gasteiger partial charge in [0.25, 0.3) is 0 Å². The van der Waals surface area contributed by atoms with Crippen LogP contribution >= 0.6 is 34.8 Å². The lowest BCUT2D eigenvalue weighted by molar-refractivity contribution is 0.118. The van der Waals surface area contributed by atoms with Crippen LogP contribution in [-0.4, -0.2) is 30.3 Å². The highest BCUT2D eigenvalue weighted by Crippen LogP contribution is 2.23. The SMILES string of the molecule is NC(=O)OCC(CCl)(CCl)CCl. The van der Waals surface area contributed by atoms with Crippen molar-refractivity contribution in [2.24, 2.45) is 11.1 Å². The minimum Gasteiger partial charge on any atom is -0.449 e. The fraction of sp³-hybridized carbons (Fsp3) is 0.833. The summed E-state index contributed by atoms with van der Waals surface area (Å²) in [5, 5.41) is 0. The van der Waals surface area contributed by atoms with Crippen molar-refractivity contribution in [3.8, 4) is 0 Å². The Bertz CT molecular complexity index is 141. The third-order valence-electron chi connectivity index (χ3n) is 1.37. The van der Waals surface area contributed by atoms with Crippen molar-refractivity contribution in [2.45, 2.75) is 0 Å².